The summed E-state index contributed by atoms with van der Waals surface area (Å²) in [5.41, 5.74) is 0.482. The summed E-state index contributed by atoms with van der Waals surface area (Å²) in [6.45, 7) is 4.21. The van der Waals surface area contributed by atoms with Crippen LogP contribution in [-0.4, -0.2) is 48.8 Å². The van der Waals surface area contributed by atoms with Crippen LogP contribution in [0.1, 0.15) is 20.3 Å². The second-order valence-corrected chi connectivity index (χ2v) is 7.79. The van der Waals surface area contributed by atoms with Crippen molar-refractivity contribution in [2.24, 2.45) is 0 Å². The summed E-state index contributed by atoms with van der Waals surface area (Å²) in [6, 6.07) is 0. The van der Waals surface area contributed by atoms with Gasteiger partial charge in [-0.25, -0.2) is 8.42 Å². The molecule has 0 bridgehead atoms. The Labute approximate surface area is 105 Å². The maximum absolute atomic E-state index is 12.3. The van der Waals surface area contributed by atoms with Gasteiger partial charge in [-0.3, -0.25) is 9.69 Å². The summed E-state index contributed by atoms with van der Waals surface area (Å²) in [5.74, 6) is -0.154. The maximum Gasteiger partial charge on any atom is 0.231 e. The molecule has 0 aliphatic carbocycles. The third kappa shape index (κ3) is 1.35. The van der Waals surface area contributed by atoms with Crippen LogP contribution in [0.3, 0.4) is 0 Å². The summed E-state index contributed by atoms with van der Waals surface area (Å²) >= 11 is 0. The van der Waals surface area contributed by atoms with Crippen molar-refractivity contribution in [2.45, 2.75) is 36.7 Å². The molecule has 3 saturated heterocycles. The van der Waals surface area contributed by atoms with E-state index in [1.807, 2.05) is 0 Å². The molecule has 100 valence electrons. The lowest BCUT2D eigenvalue weighted by Gasteiger charge is -2.33. The highest BCUT2D eigenvalue weighted by Gasteiger charge is 2.63. The van der Waals surface area contributed by atoms with Crippen LogP contribution in [0.25, 0.3) is 0 Å². The zero-order valence-electron chi connectivity index (χ0n) is 10.3. The first-order chi connectivity index (χ1) is 8.35. The number of hydrogen-bond acceptors (Lipinski definition) is 5. The van der Waals surface area contributed by atoms with Crippen molar-refractivity contribution in [3.63, 3.8) is 0 Å². The number of amides is 1. The zero-order chi connectivity index (χ0) is 13.1. The largest absolute Gasteiger partial charge is 0.346 e. The van der Waals surface area contributed by atoms with Gasteiger partial charge in [-0.1, -0.05) is 0 Å². The van der Waals surface area contributed by atoms with Gasteiger partial charge in [0.15, 0.2) is 16.1 Å². The highest BCUT2D eigenvalue weighted by molar-refractivity contribution is 7.94. The second-order valence-electron chi connectivity index (χ2n) is 5.14. The minimum Gasteiger partial charge on any atom is -0.346 e. The minimum atomic E-state index is -3.36. The van der Waals surface area contributed by atoms with Gasteiger partial charge in [0.1, 0.15) is 10.1 Å². The summed E-state index contributed by atoms with van der Waals surface area (Å²) < 4.78 is 34.1. The Bertz CT molecular complexity index is 530. The van der Waals surface area contributed by atoms with Crippen molar-refractivity contribution in [3.05, 3.63) is 11.8 Å². The van der Waals surface area contributed by atoms with E-state index in [0.717, 1.165) is 0 Å². The Morgan fingerprint density at radius 1 is 1.33 bits per heavy atom. The molecular weight excluding hydrogens is 258 g/mol. The molecule has 0 aromatic heterocycles. The lowest BCUT2D eigenvalue weighted by Crippen LogP contribution is -2.49. The molecule has 0 unspecified atom stereocenters. The fraction of sp³-hybridized carbons (Fsp3) is 0.727. The smallest absolute Gasteiger partial charge is 0.231 e. The van der Waals surface area contributed by atoms with Crippen LogP contribution in [0.2, 0.25) is 0 Å². The molecule has 0 radical (unpaired) electrons. The van der Waals surface area contributed by atoms with Crippen LogP contribution < -0.4 is 0 Å². The van der Waals surface area contributed by atoms with E-state index in [-0.39, 0.29) is 12.3 Å². The van der Waals surface area contributed by atoms with Crippen molar-refractivity contribution in [1.82, 2.24) is 4.90 Å². The van der Waals surface area contributed by atoms with Gasteiger partial charge in [0, 0.05) is 5.70 Å². The van der Waals surface area contributed by atoms with E-state index in [0.29, 0.717) is 18.9 Å². The maximum atomic E-state index is 12.3. The van der Waals surface area contributed by atoms with Gasteiger partial charge < -0.3 is 9.47 Å². The number of hydrogen-bond donors (Lipinski definition) is 0. The fourth-order valence-electron chi connectivity index (χ4n) is 2.58. The van der Waals surface area contributed by atoms with Gasteiger partial charge in [0.2, 0.25) is 5.91 Å². The topological polar surface area (TPSA) is 72.9 Å². The van der Waals surface area contributed by atoms with Gasteiger partial charge in [-0.2, -0.15) is 0 Å². The molecule has 3 fully saturated rings. The summed E-state index contributed by atoms with van der Waals surface area (Å²) in [7, 11) is -3.36. The van der Waals surface area contributed by atoms with Gasteiger partial charge in [-0.05, 0) is 19.9 Å². The lowest BCUT2D eigenvalue weighted by molar-refractivity contribution is -0.138. The van der Waals surface area contributed by atoms with E-state index in [2.05, 4.69) is 0 Å². The molecule has 6 nitrogen and oxygen atoms in total. The number of rotatable bonds is 1. The number of sulfone groups is 1. The number of ether oxygens (including phenoxy) is 2. The Kier molecular flexibility index (Phi) is 2.39. The number of β-lactam (4-membered cyclic amide) rings is 1. The minimum absolute atomic E-state index is 0.0789. The lowest BCUT2D eigenvalue weighted by atomic mass is 10.0. The molecule has 0 saturated carbocycles. The van der Waals surface area contributed by atoms with Crippen molar-refractivity contribution in [3.8, 4) is 0 Å². The second kappa shape index (κ2) is 3.55. The summed E-state index contributed by atoms with van der Waals surface area (Å²) in [4.78, 5) is 13.0. The molecule has 3 aliphatic heterocycles. The van der Waals surface area contributed by atoms with Crippen LogP contribution in [0.4, 0.5) is 0 Å². The van der Waals surface area contributed by atoms with Crippen molar-refractivity contribution in [2.75, 3.05) is 13.2 Å². The SMILES string of the molecule is CC1(C)/C(=C/C2OCCO2)N2C(=O)C[C@H]2S1(=O)=O. The predicted octanol–water partition coefficient (Wildman–Crippen LogP) is 0.00860. The van der Waals surface area contributed by atoms with Crippen LogP contribution in [0.5, 0.6) is 0 Å². The van der Waals surface area contributed by atoms with E-state index < -0.39 is 26.2 Å². The number of carbonyl (C=O) groups is 1. The molecule has 0 aromatic carbocycles. The van der Waals surface area contributed by atoms with Gasteiger partial charge in [0.25, 0.3) is 0 Å². The molecule has 3 aliphatic rings. The molecule has 3 heterocycles. The molecule has 0 aromatic rings. The van der Waals surface area contributed by atoms with Crippen molar-refractivity contribution >= 4 is 15.7 Å². The van der Waals surface area contributed by atoms with Crippen LogP contribution in [0, 0.1) is 0 Å². The Balaban J connectivity index is 2.04. The number of nitrogens with zero attached hydrogens (tertiary/aromatic N) is 1. The number of fused-ring (bicyclic) bond motifs is 1. The van der Waals surface area contributed by atoms with Crippen LogP contribution >= 0.6 is 0 Å². The van der Waals surface area contributed by atoms with E-state index >= 15 is 0 Å². The quantitative estimate of drug-likeness (QED) is 0.629. The molecular formula is C11H15NO5S. The average molecular weight is 273 g/mol. The van der Waals surface area contributed by atoms with E-state index in [9.17, 15) is 13.2 Å². The molecule has 1 atom stereocenters. The van der Waals surface area contributed by atoms with E-state index in [1.54, 1.807) is 19.9 Å². The Hall–Kier alpha value is -0.920. The summed E-state index contributed by atoms with van der Waals surface area (Å²) in [6.07, 6.45) is 1.14. The summed E-state index contributed by atoms with van der Waals surface area (Å²) in [5, 5.41) is -0.701. The Morgan fingerprint density at radius 3 is 2.50 bits per heavy atom. The van der Waals surface area contributed by atoms with Gasteiger partial charge in [0.05, 0.1) is 19.6 Å². The zero-order valence-corrected chi connectivity index (χ0v) is 11.1. The monoisotopic (exact) mass is 273 g/mol. The van der Waals surface area contributed by atoms with Crippen LogP contribution in [-0.2, 0) is 24.1 Å². The highest BCUT2D eigenvalue weighted by atomic mass is 32.2. The molecule has 18 heavy (non-hydrogen) atoms. The highest BCUT2D eigenvalue weighted by Crippen LogP contribution is 2.48. The third-order valence-corrected chi connectivity index (χ3v) is 6.52. The average Bonchev–Trinajstić information content (AvgIpc) is 2.79. The first-order valence-corrected chi connectivity index (χ1v) is 7.41. The molecule has 0 N–H and O–H groups in total. The normalized spacial score (nSPS) is 35.9. The van der Waals surface area contributed by atoms with Crippen molar-refractivity contribution in [1.29, 1.82) is 0 Å². The first-order valence-electron chi connectivity index (χ1n) is 5.87. The van der Waals surface area contributed by atoms with Gasteiger partial charge >= 0.3 is 0 Å². The van der Waals surface area contributed by atoms with Crippen molar-refractivity contribution < 1.29 is 22.7 Å². The predicted molar refractivity (Wildman–Crippen MR) is 62.0 cm³/mol. The van der Waals surface area contributed by atoms with Crippen LogP contribution in [0.15, 0.2) is 11.8 Å². The van der Waals surface area contributed by atoms with E-state index in [4.69, 9.17) is 9.47 Å². The van der Waals surface area contributed by atoms with Gasteiger partial charge in [-0.15, -0.1) is 0 Å². The third-order valence-electron chi connectivity index (χ3n) is 3.79. The number of carbonyl (C=O) groups excluding carboxylic acids is 1. The first kappa shape index (κ1) is 12.1. The van der Waals surface area contributed by atoms with E-state index in [1.165, 1.54) is 4.90 Å². The molecule has 0 spiro atoms. The standard InChI is InChI=1S/C11H15NO5S/c1-11(2)7(5-10-16-3-4-17-10)12-8(13)6-9(12)18(11,14)15/h5,9-10H,3-4,6H2,1-2H3/b7-5-/t9-/m1/s1. The Morgan fingerprint density at radius 2 is 1.94 bits per heavy atom. The molecule has 3 rings (SSSR count). The fourth-order valence-corrected chi connectivity index (χ4v) is 4.59. The molecule has 1 amide bonds. The molecule has 7 heteroatoms.